The summed E-state index contributed by atoms with van der Waals surface area (Å²) in [7, 11) is -2.40. The minimum Gasteiger partial charge on any atom is -0.326 e. The molecule has 0 aliphatic carbocycles. The third kappa shape index (κ3) is 4.39. The van der Waals surface area contributed by atoms with E-state index in [-0.39, 0.29) is 0 Å². The maximum absolute atomic E-state index is 11.6. The molecule has 3 heteroatoms. The van der Waals surface area contributed by atoms with E-state index in [4.69, 9.17) is 4.52 Å². The Hall–Kier alpha value is -0.0700. The molecule has 0 aliphatic rings. The Bertz CT molecular complexity index is 163. The Balaban J connectivity index is 4.10. The molecule has 0 heterocycles. The molecule has 0 radical (unpaired) electrons. The Morgan fingerprint density at radius 3 is 2.36 bits per heavy atom. The average Bonchev–Trinajstić information content (AvgIpc) is 2.02. The van der Waals surface area contributed by atoms with Crippen LogP contribution >= 0.6 is 7.37 Å². The van der Waals surface area contributed by atoms with Crippen LogP contribution in [0.5, 0.6) is 0 Å². The normalized spacial score (nSPS) is 17.0. The van der Waals surface area contributed by atoms with Crippen LogP contribution in [0.1, 0.15) is 27.2 Å². The molecule has 0 bridgehead atoms. The van der Waals surface area contributed by atoms with Crippen molar-refractivity contribution < 1.29 is 9.09 Å². The van der Waals surface area contributed by atoms with E-state index in [1.165, 1.54) is 0 Å². The molecule has 0 spiro atoms. The lowest BCUT2D eigenvalue weighted by molar-refractivity contribution is 0.341. The summed E-state index contributed by atoms with van der Waals surface area (Å²) in [5.41, 5.74) is 0. The summed E-state index contributed by atoms with van der Waals surface area (Å²) < 4.78 is 16.8. The van der Waals surface area contributed by atoms with Gasteiger partial charge in [0.1, 0.15) is 0 Å². The number of hydrogen-bond acceptors (Lipinski definition) is 2. The van der Waals surface area contributed by atoms with E-state index in [1.54, 1.807) is 5.82 Å². The second-order valence-corrected chi connectivity index (χ2v) is 4.89. The maximum Gasteiger partial charge on any atom is 0.224 e. The first-order valence-corrected chi connectivity index (χ1v) is 5.97. The van der Waals surface area contributed by atoms with Crippen molar-refractivity contribution in [2.75, 3.05) is 12.8 Å². The summed E-state index contributed by atoms with van der Waals surface area (Å²) >= 11 is 0. The van der Waals surface area contributed by atoms with Gasteiger partial charge in [-0.3, -0.25) is 4.57 Å². The number of hydrogen-bond donors (Lipinski definition) is 0. The van der Waals surface area contributed by atoms with Crippen LogP contribution in [0.2, 0.25) is 0 Å². The van der Waals surface area contributed by atoms with Crippen molar-refractivity contribution in [2.45, 2.75) is 27.2 Å². The highest BCUT2D eigenvalue weighted by Gasteiger charge is 2.13. The summed E-state index contributed by atoms with van der Waals surface area (Å²) in [4.78, 5) is 0. The van der Waals surface area contributed by atoms with Gasteiger partial charge in [0.2, 0.25) is 7.37 Å². The molecule has 0 saturated carbocycles. The van der Waals surface area contributed by atoms with Crippen LogP contribution < -0.4 is 0 Å². The highest BCUT2D eigenvalue weighted by Crippen LogP contribution is 2.47. The quantitative estimate of drug-likeness (QED) is 0.601. The Kier molecular flexibility index (Phi) is 5.53. The van der Waals surface area contributed by atoms with E-state index < -0.39 is 7.37 Å². The van der Waals surface area contributed by atoms with E-state index in [2.05, 4.69) is 0 Å². The zero-order valence-electron chi connectivity index (χ0n) is 7.54. The first-order valence-electron chi connectivity index (χ1n) is 4.09. The zero-order chi connectivity index (χ0) is 8.74. The molecule has 0 saturated heterocycles. The summed E-state index contributed by atoms with van der Waals surface area (Å²) in [5.74, 6) is 1.72. The smallest absolute Gasteiger partial charge is 0.224 e. The fraction of sp³-hybridized carbons (Fsp3) is 0.750. The lowest BCUT2D eigenvalue weighted by atomic mass is 10.5. The molecular weight excluding hydrogens is 159 g/mol. The van der Waals surface area contributed by atoms with Gasteiger partial charge in [-0.1, -0.05) is 19.9 Å². The van der Waals surface area contributed by atoms with E-state index in [0.717, 1.165) is 6.42 Å². The van der Waals surface area contributed by atoms with Crippen LogP contribution in [-0.2, 0) is 9.09 Å². The molecule has 0 aromatic carbocycles. The molecule has 1 unspecified atom stereocenters. The van der Waals surface area contributed by atoms with Crippen LogP contribution in [0.15, 0.2) is 11.9 Å². The van der Waals surface area contributed by atoms with Gasteiger partial charge >= 0.3 is 0 Å². The molecule has 0 amide bonds. The monoisotopic (exact) mass is 176 g/mol. The average molecular weight is 176 g/mol. The van der Waals surface area contributed by atoms with Crippen LogP contribution in [0.4, 0.5) is 0 Å². The minimum absolute atomic E-state index is 0.527. The maximum atomic E-state index is 11.6. The lowest BCUT2D eigenvalue weighted by Crippen LogP contribution is -1.88. The molecule has 0 rings (SSSR count). The van der Waals surface area contributed by atoms with E-state index in [9.17, 15) is 4.57 Å². The molecule has 0 aromatic rings. The molecule has 0 aliphatic heterocycles. The fourth-order valence-electron chi connectivity index (χ4n) is 0.724. The Morgan fingerprint density at radius 1 is 1.36 bits per heavy atom. The lowest BCUT2D eigenvalue weighted by Gasteiger charge is -2.10. The summed E-state index contributed by atoms with van der Waals surface area (Å²) in [6.07, 6.45) is 3.41. The second-order valence-electron chi connectivity index (χ2n) is 2.25. The summed E-state index contributed by atoms with van der Waals surface area (Å²) in [6.45, 7) is 6.29. The van der Waals surface area contributed by atoms with Gasteiger partial charge in [0, 0.05) is 6.16 Å². The first-order chi connectivity index (χ1) is 5.18. The van der Waals surface area contributed by atoms with Crippen molar-refractivity contribution in [2.24, 2.45) is 0 Å². The predicted octanol–water partition coefficient (Wildman–Crippen LogP) is 3.24. The molecule has 66 valence electrons. The standard InChI is InChI=1S/C8H17O2P/c1-4-7-8-11(9,6-3)10-5-2/h7-8H,4-6H2,1-3H3. The topological polar surface area (TPSA) is 26.3 Å². The number of allylic oxidation sites excluding steroid dienone is 1. The van der Waals surface area contributed by atoms with E-state index >= 15 is 0 Å². The van der Waals surface area contributed by atoms with Gasteiger partial charge in [0.25, 0.3) is 0 Å². The molecule has 0 N–H and O–H groups in total. The molecule has 11 heavy (non-hydrogen) atoms. The van der Waals surface area contributed by atoms with Gasteiger partial charge in [-0.05, 0) is 19.2 Å². The molecule has 1 atom stereocenters. The van der Waals surface area contributed by atoms with Crippen LogP contribution in [0.3, 0.4) is 0 Å². The zero-order valence-corrected chi connectivity index (χ0v) is 8.43. The summed E-state index contributed by atoms with van der Waals surface area (Å²) in [6, 6.07) is 0. The van der Waals surface area contributed by atoms with Crippen molar-refractivity contribution in [3.8, 4) is 0 Å². The molecular formula is C8H17O2P. The highest BCUT2D eigenvalue weighted by molar-refractivity contribution is 7.62. The molecule has 0 fully saturated rings. The predicted molar refractivity (Wildman–Crippen MR) is 49.2 cm³/mol. The van der Waals surface area contributed by atoms with Crippen LogP contribution in [0.25, 0.3) is 0 Å². The highest BCUT2D eigenvalue weighted by atomic mass is 31.2. The van der Waals surface area contributed by atoms with Crippen molar-refractivity contribution in [1.29, 1.82) is 0 Å². The van der Waals surface area contributed by atoms with Crippen molar-refractivity contribution >= 4 is 7.37 Å². The van der Waals surface area contributed by atoms with Crippen molar-refractivity contribution in [3.63, 3.8) is 0 Å². The van der Waals surface area contributed by atoms with E-state index in [0.29, 0.717) is 12.8 Å². The molecule has 0 aromatic heterocycles. The van der Waals surface area contributed by atoms with Gasteiger partial charge in [-0.2, -0.15) is 0 Å². The first kappa shape index (κ1) is 10.9. The second kappa shape index (κ2) is 5.56. The Labute approximate surface area is 69.1 Å². The van der Waals surface area contributed by atoms with Crippen molar-refractivity contribution in [1.82, 2.24) is 0 Å². The SMILES string of the molecule is CCC=CP(=O)(CC)OCC. The third-order valence-electron chi connectivity index (χ3n) is 1.36. The van der Waals surface area contributed by atoms with Gasteiger partial charge < -0.3 is 4.52 Å². The van der Waals surface area contributed by atoms with Gasteiger partial charge in [-0.25, -0.2) is 0 Å². The third-order valence-corrected chi connectivity index (χ3v) is 3.60. The Morgan fingerprint density at radius 2 is 2.00 bits per heavy atom. The molecule has 2 nitrogen and oxygen atoms in total. The van der Waals surface area contributed by atoms with Crippen LogP contribution in [-0.4, -0.2) is 12.8 Å². The summed E-state index contributed by atoms with van der Waals surface area (Å²) in [5, 5.41) is 0. The van der Waals surface area contributed by atoms with Gasteiger partial charge in [0.05, 0.1) is 6.61 Å². The van der Waals surface area contributed by atoms with Gasteiger partial charge in [0.15, 0.2) is 0 Å². The minimum atomic E-state index is -2.40. The van der Waals surface area contributed by atoms with E-state index in [1.807, 2.05) is 26.8 Å². The fourth-order valence-corrected chi connectivity index (χ4v) is 2.17. The van der Waals surface area contributed by atoms with Crippen molar-refractivity contribution in [3.05, 3.63) is 11.9 Å². The van der Waals surface area contributed by atoms with Gasteiger partial charge in [-0.15, -0.1) is 0 Å². The largest absolute Gasteiger partial charge is 0.326 e. The number of rotatable bonds is 5. The van der Waals surface area contributed by atoms with Crippen LogP contribution in [0, 0.1) is 0 Å².